The second kappa shape index (κ2) is 5.48. The Balaban J connectivity index is 2.14. The van der Waals surface area contributed by atoms with Crippen LogP contribution in [0.1, 0.15) is 29.6 Å². The Hall–Kier alpha value is -2.11. The number of aromatic nitrogens is 1. The molecule has 6 heteroatoms. The van der Waals surface area contributed by atoms with E-state index in [0.717, 1.165) is 12.1 Å². The van der Waals surface area contributed by atoms with Crippen LogP contribution in [0.5, 0.6) is 0 Å². The maximum Gasteiger partial charge on any atom is 0.416 e. The van der Waals surface area contributed by atoms with E-state index in [1.165, 1.54) is 19.3 Å². The molecular weight excluding hydrogens is 271 g/mol. The summed E-state index contributed by atoms with van der Waals surface area (Å²) in [6, 6.07) is 5.00. The van der Waals surface area contributed by atoms with Crippen molar-refractivity contribution in [2.75, 3.05) is 0 Å². The quantitative estimate of drug-likeness (QED) is 0.863. The van der Waals surface area contributed by atoms with Crippen molar-refractivity contribution in [3.05, 3.63) is 53.2 Å². The van der Waals surface area contributed by atoms with Gasteiger partial charge in [0.2, 0.25) is 0 Å². The standard InChI is InChI=1S/C14H12F3NO2/c1-9(19)5-12-8-20-13(18-12)7-10-3-2-4-11(6-10)14(15,16)17/h2-4,6,8H,5,7H2,1H3. The minimum absolute atomic E-state index is 0.0519. The molecular formula is C14H12F3NO2. The maximum absolute atomic E-state index is 12.6. The van der Waals surface area contributed by atoms with Crippen LogP contribution < -0.4 is 0 Å². The van der Waals surface area contributed by atoms with E-state index in [4.69, 9.17) is 4.42 Å². The SMILES string of the molecule is CC(=O)Cc1coc(Cc2cccc(C(F)(F)F)c2)n1. The number of hydrogen-bond donors (Lipinski definition) is 0. The lowest BCUT2D eigenvalue weighted by Gasteiger charge is -2.07. The predicted molar refractivity (Wildman–Crippen MR) is 65.1 cm³/mol. The first-order chi connectivity index (χ1) is 9.34. The van der Waals surface area contributed by atoms with Gasteiger partial charge in [0, 0.05) is 6.42 Å². The number of nitrogens with zero attached hydrogens (tertiary/aromatic N) is 1. The molecule has 0 spiro atoms. The molecule has 20 heavy (non-hydrogen) atoms. The molecule has 0 N–H and O–H groups in total. The van der Waals surface area contributed by atoms with Gasteiger partial charge in [-0.05, 0) is 18.6 Å². The van der Waals surface area contributed by atoms with Crippen molar-refractivity contribution in [3.63, 3.8) is 0 Å². The number of benzene rings is 1. The summed E-state index contributed by atoms with van der Waals surface area (Å²) in [5, 5.41) is 0. The van der Waals surface area contributed by atoms with Crippen LogP contribution >= 0.6 is 0 Å². The second-order valence-electron chi connectivity index (χ2n) is 4.49. The van der Waals surface area contributed by atoms with Crippen LogP contribution in [0.15, 0.2) is 34.9 Å². The Kier molecular flexibility index (Phi) is 3.92. The van der Waals surface area contributed by atoms with Crippen LogP contribution in [-0.4, -0.2) is 10.8 Å². The number of halogens is 3. The van der Waals surface area contributed by atoms with Gasteiger partial charge in [0.05, 0.1) is 17.7 Å². The number of alkyl halides is 3. The molecule has 0 atom stereocenters. The van der Waals surface area contributed by atoms with Crippen molar-refractivity contribution < 1.29 is 22.4 Å². The Morgan fingerprint density at radius 1 is 1.35 bits per heavy atom. The van der Waals surface area contributed by atoms with Crippen LogP contribution in [-0.2, 0) is 23.8 Å². The second-order valence-corrected chi connectivity index (χ2v) is 4.49. The zero-order valence-electron chi connectivity index (χ0n) is 10.7. The molecule has 0 amide bonds. The monoisotopic (exact) mass is 283 g/mol. The van der Waals surface area contributed by atoms with Crippen molar-refractivity contribution in [1.82, 2.24) is 4.98 Å². The van der Waals surface area contributed by atoms with Gasteiger partial charge >= 0.3 is 6.18 Å². The van der Waals surface area contributed by atoms with Crippen molar-refractivity contribution in [2.24, 2.45) is 0 Å². The molecule has 0 aliphatic carbocycles. The average Bonchev–Trinajstić information content (AvgIpc) is 2.75. The first kappa shape index (κ1) is 14.3. The van der Waals surface area contributed by atoms with Crippen molar-refractivity contribution >= 4 is 5.78 Å². The predicted octanol–water partition coefficient (Wildman–Crippen LogP) is 3.42. The highest BCUT2D eigenvalue weighted by molar-refractivity contribution is 5.77. The van der Waals surface area contributed by atoms with Gasteiger partial charge < -0.3 is 4.42 Å². The lowest BCUT2D eigenvalue weighted by molar-refractivity contribution is -0.137. The Bertz CT molecular complexity index is 617. The van der Waals surface area contributed by atoms with Crippen LogP contribution in [0.25, 0.3) is 0 Å². The minimum Gasteiger partial charge on any atom is -0.448 e. The third-order valence-electron chi connectivity index (χ3n) is 2.64. The normalized spacial score (nSPS) is 11.6. The van der Waals surface area contributed by atoms with E-state index in [-0.39, 0.29) is 18.6 Å². The van der Waals surface area contributed by atoms with E-state index in [1.807, 2.05) is 0 Å². The lowest BCUT2D eigenvalue weighted by Crippen LogP contribution is -2.05. The third-order valence-corrected chi connectivity index (χ3v) is 2.64. The highest BCUT2D eigenvalue weighted by Crippen LogP contribution is 2.29. The number of rotatable bonds is 4. The van der Waals surface area contributed by atoms with Crippen LogP contribution in [0.3, 0.4) is 0 Å². The smallest absolute Gasteiger partial charge is 0.416 e. The molecule has 2 aromatic rings. The molecule has 0 radical (unpaired) electrons. The molecule has 3 nitrogen and oxygen atoms in total. The summed E-state index contributed by atoms with van der Waals surface area (Å²) in [7, 11) is 0. The van der Waals surface area contributed by atoms with Crippen LogP contribution in [0.4, 0.5) is 13.2 Å². The summed E-state index contributed by atoms with van der Waals surface area (Å²) in [4.78, 5) is 15.0. The van der Waals surface area contributed by atoms with Gasteiger partial charge in [-0.15, -0.1) is 0 Å². The first-order valence-corrected chi connectivity index (χ1v) is 5.93. The number of carbonyl (C=O) groups is 1. The highest BCUT2D eigenvalue weighted by atomic mass is 19.4. The number of oxazole rings is 1. The van der Waals surface area contributed by atoms with E-state index in [1.54, 1.807) is 6.07 Å². The number of ketones is 1. The van der Waals surface area contributed by atoms with Gasteiger partial charge in [0.25, 0.3) is 0 Å². The molecule has 0 aliphatic heterocycles. The van der Waals surface area contributed by atoms with Gasteiger partial charge in [-0.25, -0.2) is 4.98 Å². The first-order valence-electron chi connectivity index (χ1n) is 5.93. The molecule has 0 fully saturated rings. The van der Waals surface area contributed by atoms with E-state index in [0.29, 0.717) is 17.1 Å². The van der Waals surface area contributed by atoms with Gasteiger partial charge in [0.15, 0.2) is 5.89 Å². The summed E-state index contributed by atoms with van der Waals surface area (Å²) >= 11 is 0. The molecule has 0 unspecified atom stereocenters. The Labute approximate surface area is 113 Å². The molecule has 1 aromatic heterocycles. The summed E-state index contributed by atoms with van der Waals surface area (Å²) in [5.74, 6) is 0.240. The Morgan fingerprint density at radius 2 is 2.10 bits per heavy atom. The molecule has 0 saturated carbocycles. The number of hydrogen-bond acceptors (Lipinski definition) is 3. The molecule has 1 heterocycles. The highest BCUT2D eigenvalue weighted by Gasteiger charge is 2.30. The van der Waals surface area contributed by atoms with Crippen molar-refractivity contribution in [1.29, 1.82) is 0 Å². The maximum atomic E-state index is 12.6. The molecule has 1 aromatic carbocycles. The molecule has 0 aliphatic rings. The fourth-order valence-electron chi connectivity index (χ4n) is 1.80. The van der Waals surface area contributed by atoms with Crippen molar-refractivity contribution in [2.45, 2.75) is 25.9 Å². The van der Waals surface area contributed by atoms with Crippen LogP contribution in [0, 0.1) is 0 Å². The molecule has 106 valence electrons. The lowest BCUT2D eigenvalue weighted by atomic mass is 10.1. The summed E-state index contributed by atoms with van der Waals surface area (Å²) in [5.41, 5.74) is 0.237. The van der Waals surface area contributed by atoms with Gasteiger partial charge in [-0.2, -0.15) is 13.2 Å². The van der Waals surface area contributed by atoms with E-state index >= 15 is 0 Å². The third kappa shape index (κ3) is 3.69. The number of carbonyl (C=O) groups excluding carboxylic acids is 1. The fourth-order valence-corrected chi connectivity index (χ4v) is 1.80. The minimum atomic E-state index is -4.37. The zero-order chi connectivity index (χ0) is 14.8. The number of Topliss-reactive ketones (excluding diaryl/α,β-unsaturated/α-hetero) is 1. The topological polar surface area (TPSA) is 43.1 Å². The average molecular weight is 283 g/mol. The van der Waals surface area contributed by atoms with Gasteiger partial charge in [-0.1, -0.05) is 18.2 Å². The van der Waals surface area contributed by atoms with E-state index in [2.05, 4.69) is 4.98 Å². The van der Waals surface area contributed by atoms with Gasteiger partial charge in [0.1, 0.15) is 12.0 Å². The van der Waals surface area contributed by atoms with E-state index < -0.39 is 11.7 Å². The zero-order valence-corrected chi connectivity index (χ0v) is 10.7. The Morgan fingerprint density at radius 3 is 2.75 bits per heavy atom. The van der Waals surface area contributed by atoms with Crippen molar-refractivity contribution in [3.8, 4) is 0 Å². The summed E-state index contributed by atoms with van der Waals surface area (Å²) in [6.07, 6.45) is -2.70. The molecule has 0 bridgehead atoms. The summed E-state index contributed by atoms with van der Waals surface area (Å²) in [6.45, 7) is 1.43. The largest absolute Gasteiger partial charge is 0.448 e. The fraction of sp³-hybridized carbons (Fsp3) is 0.286. The summed E-state index contributed by atoms with van der Waals surface area (Å²) < 4.78 is 42.9. The molecule has 2 rings (SSSR count). The molecule has 0 saturated heterocycles. The van der Waals surface area contributed by atoms with Crippen LogP contribution in [0.2, 0.25) is 0 Å². The van der Waals surface area contributed by atoms with Gasteiger partial charge in [-0.3, -0.25) is 4.79 Å². The van der Waals surface area contributed by atoms with E-state index in [9.17, 15) is 18.0 Å².